The summed E-state index contributed by atoms with van der Waals surface area (Å²) < 4.78 is 11.5. The van der Waals surface area contributed by atoms with Gasteiger partial charge in [-0.25, -0.2) is 0 Å². The molecule has 0 unspecified atom stereocenters. The van der Waals surface area contributed by atoms with Gasteiger partial charge in [0.15, 0.2) is 11.5 Å². The summed E-state index contributed by atoms with van der Waals surface area (Å²) in [6, 6.07) is 39.0. The van der Waals surface area contributed by atoms with Crippen LogP contribution < -0.4 is 25.4 Å². The number of para-hydroxylation sites is 1. The molecule has 0 saturated heterocycles. The Morgan fingerprint density at radius 2 is 1.07 bits per heavy atom. The maximum atomic E-state index is 5.88. The number of hydrogen-bond donors (Lipinski definition) is 0. The first-order chi connectivity index (χ1) is 14.4. The predicted octanol–water partition coefficient (Wildman–Crippen LogP) is 4.91. The highest BCUT2D eigenvalue weighted by molar-refractivity contribution is 7.95. The molecular weight excluding hydrogens is 375 g/mol. The summed E-state index contributed by atoms with van der Waals surface area (Å²) in [7, 11) is -1.94. The Morgan fingerprint density at radius 1 is 0.552 bits per heavy atom. The third-order valence-electron chi connectivity index (χ3n) is 5.48. The minimum atomic E-state index is -1.94. The minimum Gasteiger partial charge on any atom is -0.454 e. The fraction of sp³-hybridized carbons (Fsp3) is 0.0769. The molecule has 4 aromatic carbocycles. The molecule has 0 amide bonds. The average molecular weight is 397 g/mol. The smallest absolute Gasteiger partial charge is 0.231 e. The molecule has 0 aliphatic carbocycles. The first kappa shape index (κ1) is 18.0. The van der Waals surface area contributed by atoms with Crippen LogP contribution >= 0.6 is 7.26 Å². The van der Waals surface area contributed by atoms with Crippen LogP contribution in [0.15, 0.2) is 109 Å². The molecule has 0 bridgehead atoms. The normalized spacial score (nSPS) is 12.7. The summed E-state index contributed by atoms with van der Waals surface area (Å²) in [4.78, 5) is 0. The van der Waals surface area contributed by atoms with Crippen molar-refractivity contribution in [1.82, 2.24) is 0 Å². The van der Waals surface area contributed by atoms with E-state index in [0.717, 1.165) is 17.7 Å². The van der Waals surface area contributed by atoms with Gasteiger partial charge < -0.3 is 9.47 Å². The fourth-order valence-electron chi connectivity index (χ4n) is 4.14. The van der Waals surface area contributed by atoms with Crippen LogP contribution in [0.2, 0.25) is 0 Å². The second-order valence-corrected chi connectivity index (χ2v) is 10.6. The lowest BCUT2D eigenvalue weighted by molar-refractivity contribution is 0.173. The Bertz CT molecular complexity index is 999. The average Bonchev–Trinajstić information content (AvgIpc) is 3.29. The van der Waals surface area contributed by atoms with Gasteiger partial charge in [0.1, 0.15) is 29.3 Å². The maximum Gasteiger partial charge on any atom is 0.231 e. The van der Waals surface area contributed by atoms with Gasteiger partial charge in [-0.3, -0.25) is 0 Å². The van der Waals surface area contributed by atoms with Crippen LogP contribution in [0, 0.1) is 0 Å². The quantitative estimate of drug-likeness (QED) is 0.446. The molecule has 0 N–H and O–H groups in total. The van der Waals surface area contributed by atoms with E-state index in [2.05, 4.69) is 103 Å². The zero-order valence-electron chi connectivity index (χ0n) is 16.1. The third-order valence-corrected chi connectivity index (χ3v) is 9.83. The van der Waals surface area contributed by atoms with Crippen molar-refractivity contribution in [2.45, 2.75) is 6.16 Å². The largest absolute Gasteiger partial charge is 0.454 e. The molecule has 29 heavy (non-hydrogen) atoms. The van der Waals surface area contributed by atoms with E-state index in [1.54, 1.807) is 0 Å². The molecule has 0 fully saturated rings. The summed E-state index contributed by atoms with van der Waals surface area (Å²) in [5, 5.41) is 4.11. The second-order valence-electron chi connectivity index (χ2n) is 7.13. The van der Waals surface area contributed by atoms with E-state index >= 15 is 0 Å². The van der Waals surface area contributed by atoms with E-state index in [-0.39, 0.29) is 0 Å². The molecule has 2 nitrogen and oxygen atoms in total. The Morgan fingerprint density at radius 3 is 1.59 bits per heavy atom. The minimum absolute atomic E-state index is 0.291. The molecule has 0 atom stereocenters. The summed E-state index contributed by atoms with van der Waals surface area (Å²) in [6.45, 7) is 0.291. The van der Waals surface area contributed by atoms with Gasteiger partial charge in [-0.2, -0.15) is 0 Å². The van der Waals surface area contributed by atoms with E-state index in [9.17, 15) is 0 Å². The van der Waals surface area contributed by atoms with Crippen LogP contribution in [0.5, 0.6) is 11.5 Å². The number of ether oxygens (including phenoxy) is 2. The summed E-state index contributed by atoms with van der Waals surface area (Å²) >= 11 is 0. The number of benzene rings is 4. The lowest BCUT2D eigenvalue weighted by atomic mass is 10.2. The maximum absolute atomic E-state index is 5.88. The van der Waals surface area contributed by atoms with E-state index < -0.39 is 7.26 Å². The topological polar surface area (TPSA) is 18.5 Å². The Kier molecular flexibility index (Phi) is 4.79. The molecule has 4 aromatic rings. The molecule has 142 valence electrons. The van der Waals surface area contributed by atoms with Crippen molar-refractivity contribution in [2.75, 3.05) is 6.79 Å². The lowest BCUT2D eigenvalue weighted by Crippen LogP contribution is -2.32. The van der Waals surface area contributed by atoms with Gasteiger partial charge in [-0.15, -0.1) is 0 Å². The Balaban J connectivity index is 1.78. The molecule has 3 heteroatoms. The highest BCUT2D eigenvalue weighted by Crippen LogP contribution is 2.59. The SMILES string of the molecule is c1ccc([P+](Cc2cccc3c2OCO3)(c2ccccc2)c2ccccc2)cc1. The van der Waals surface area contributed by atoms with Crippen molar-refractivity contribution in [2.24, 2.45) is 0 Å². The highest BCUT2D eigenvalue weighted by Gasteiger charge is 2.46. The summed E-state index contributed by atoms with van der Waals surface area (Å²) in [5.74, 6) is 1.73. The van der Waals surface area contributed by atoms with E-state index in [0.29, 0.717) is 6.79 Å². The highest BCUT2D eigenvalue weighted by atomic mass is 31.2. The van der Waals surface area contributed by atoms with Crippen LogP contribution in [-0.2, 0) is 6.16 Å². The van der Waals surface area contributed by atoms with Crippen molar-refractivity contribution >= 4 is 23.2 Å². The Hall–Kier alpha value is -3.09. The van der Waals surface area contributed by atoms with Crippen LogP contribution in [-0.4, -0.2) is 6.79 Å². The zero-order valence-corrected chi connectivity index (χ0v) is 17.0. The molecule has 1 aliphatic rings. The van der Waals surface area contributed by atoms with Gasteiger partial charge in [-0.05, 0) is 42.5 Å². The molecule has 0 saturated carbocycles. The van der Waals surface area contributed by atoms with Gasteiger partial charge >= 0.3 is 0 Å². The van der Waals surface area contributed by atoms with Crippen molar-refractivity contribution in [3.63, 3.8) is 0 Å². The predicted molar refractivity (Wildman–Crippen MR) is 121 cm³/mol. The molecule has 1 heterocycles. The number of rotatable bonds is 5. The van der Waals surface area contributed by atoms with Crippen LogP contribution in [0.25, 0.3) is 0 Å². The third kappa shape index (κ3) is 3.20. The van der Waals surface area contributed by atoms with Gasteiger partial charge in [0.25, 0.3) is 0 Å². The number of fused-ring (bicyclic) bond motifs is 1. The molecule has 0 aromatic heterocycles. The first-order valence-corrected chi connectivity index (χ1v) is 11.8. The van der Waals surface area contributed by atoms with Gasteiger partial charge in [0, 0.05) is 5.56 Å². The molecular formula is C26H22O2P+. The first-order valence-electron chi connectivity index (χ1n) is 9.80. The van der Waals surface area contributed by atoms with Gasteiger partial charge in [0.2, 0.25) is 6.79 Å². The van der Waals surface area contributed by atoms with Crippen LogP contribution in [0.4, 0.5) is 0 Å². The van der Waals surface area contributed by atoms with Crippen molar-refractivity contribution < 1.29 is 9.47 Å². The summed E-state index contributed by atoms with van der Waals surface area (Å²) in [5.41, 5.74) is 1.20. The molecule has 0 radical (unpaired) electrons. The van der Waals surface area contributed by atoms with Gasteiger partial charge in [-0.1, -0.05) is 66.7 Å². The number of hydrogen-bond acceptors (Lipinski definition) is 2. The molecule has 5 rings (SSSR count). The summed E-state index contributed by atoms with van der Waals surface area (Å²) in [6.07, 6.45) is 0.886. The van der Waals surface area contributed by atoms with E-state index in [1.807, 2.05) is 6.07 Å². The van der Waals surface area contributed by atoms with E-state index in [4.69, 9.17) is 9.47 Å². The second kappa shape index (κ2) is 7.73. The zero-order chi connectivity index (χ0) is 19.5. The lowest BCUT2D eigenvalue weighted by Gasteiger charge is -2.28. The van der Waals surface area contributed by atoms with Gasteiger partial charge in [0.05, 0.1) is 0 Å². The van der Waals surface area contributed by atoms with Crippen LogP contribution in [0.3, 0.4) is 0 Å². The standard InChI is InChI=1S/C26H22O2P/c1-4-12-22(13-5-1)29(23-14-6-2-7-15-23,24-16-8-3-9-17-24)19-21-11-10-18-25-26(21)28-20-27-25/h1-18H,19-20H2/q+1. The van der Waals surface area contributed by atoms with Crippen molar-refractivity contribution in [3.05, 3.63) is 115 Å². The monoisotopic (exact) mass is 397 g/mol. The van der Waals surface area contributed by atoms with Crippen molar-refractivity contribution in [1.29, 1.82) is 0 Å². The Labute approximate surface area is 172 Å². The molecule has 0 spiro atoms. The molecule has 1 aliphatic heterocycles. The van der Waals surface area contributed by atoms with Crippen LogP contribution in [0.1, 0.15) is 5.56 Å². The fourth-order valence-corrected chi connectivity index (χ4v) is 8.38. The van der Waals surface area contributed by atoms with E-state index in [1.165, 1.54) is 21.5 Å². The van der Waals surface area contributed by atoms with Crippen molar-refractivity contribution in [3.8, 4) is 11.5 Å².